The smallest absolute Gasteiger partial charge is 0.224 e. The molecule has 0 aromatic heterocycles. The van der Waals surface area contributed by atoms with Crippen LogP contribution in [0.15, 0.2) is 0 Å². The third-order valence-corrected chi connectivity index (χ3v) is 3.99. The van der Waals surface area contributed by atoms with Crippen molar-refractivity contribution in [1.82, 2.24) is 10.2 Å². The van der Waals surface area contributed by atoms with E-state index >= 15 is 0 Å². The van der Waals surface area contributed by atoms with Crippen LogP contribution in [0.3, 0.4) is 0 Å². The van der Waals surface area contributed by atoms with Crippen molar-refractivity contribution in [2.45, 2.75) is 76.6 Å². The van der Waals surface area contributed by atoms with Crippen LogP contribution in [0.2, 0.25) is 0 Å². The number of rotatable bonds is 3. The van der Waals surface area contributed by atoms with Gasteiger partial charge in [0.05, 0.1) is 6.10 Å². The van der Waals surface area contributed by atoms with Crippen molar-refractivity contribution in [2.75, 3.05) is 6.54 Å². The molecule has 0 aliphatic carbocycles. The van der Waals surface area contributed by atoms with Crippen LogP contribution in [0.5, 0.6) is 0 Å². The van der Waals surface area contributed by atoms with Crippen molar-refractivity contribution in [2.24, 2.45) is 0 Å². The van der Waals surface area contributed by atoms with Gasteiger partial charge in [0.15, 0.2) is 0 Å². The number of amides is 1. The summed E-state index contributed by atoms with van der Waals surface area (Å²) in [5.74, 6) is 0.256. The largest absolute Gasteiger partial charge is 0.393 e. The van der Waals surface area contributed by atoms with Gasteiger partial charge in [-0.25, -0.2) is 0 Å². The molecule has 2 aliphatic heterocycles. The molecule has 2 bridgehead atoms. The zero-order chi connectivity index (χ0) is 13.3. The summed E-state index contributed by atoms with van der Waals surface area (Å²) in [5, 5.41) is 13.1. The highest BCUT2D eigenvalue weighted by molar-refractivity contribution is 5.77. The quantitative estimate of drug-likeness (QED) is 0.797. The van der Waals surface area contributed by atoms with Gasteiger partial charge in [-0.05, 0) is 46.5 Å². The molecule has 1 amide bonds. The molecule has 0 aromatic carbocycles. The second kappa shape index (κ2) is 5.17. The molecule has 0 radical (unpaired) electrons. The van der Waals surface area contributed by atoms with Crippen LogP contribution in [0.4, 0.5) is 0 Å². The van der Waals surface area contributed by atoms with Crippen LogP contribution in [-0.2, 0) is 4.79 Å². The molecule has 2 unspecified atom stereocenters. The van der Waals surface area contributed by atoms with E-state index in [2.05, 4.69) is 31.0 Å². The van der Waals surface area contributed by atoms with Crippen molar-refractivity contribution in [3.63, 3.8) is 0 Å². The molecule has 4 heteroatoms. The fourth-order valence-corrected chi connectivity index (χ4v) is 3.23. The first-order chi connectivity index (χ1) is 8.37. The van der Waals surface area contributed by atoms with Gasteiger partial charge >= 0.3 is 0 Å². The second-order valence-corrected chi connectivity index (χ2v) is 6.74. The van der Waals surface area contributed by atoms with E-state index in [9.17, 15) is 9.90 Å². The minimum absolute atomic E-state index is 0.0668. The van der Waals surface area contributed by atoms with E-state index in [1.165, 1.54) is 0 Å². The number of aliphatic hydroxyl groups excluding tert-OH is 1. The fourth-order valence-electron chi connectivity index (χ4n) is 3.23. The minimum atomic E-state index is -0.195. The zero-order valence-corrected chi connectivity index (χ0v) is 11.8. The maximum absolute atomic E-state index is 12.3. The van der Waals surface area contributed by atoms with Crippen LogP contribution in [-0.4, -0.2) is 46.2 Å². The molecule has 2 N–H and O–H groups in total. The van der Waals surface area contributed by atoms with Crippen molar-refractivity contribution in [3.8, 4) is 0 Å². The molecule has 2 saturated heterocycles. The molecule has 0 aromatic rings. The van der Waals surface area contributed by atoms with Gasteiger partial charge in [-0.15, -0.1) is 0 Å². The first kappa shape index (κ1) is 13.8. The van der Waals surface area contributed by atoms with Gasteiger partial charge in [0.25, 0.3) is 0 Å². The lowest BCUT2D eigenvalue weighted by Gasteiger charge is -2.37. The SMILES string of the molecule is CC(C)(C)NCCC(=O)N1C2CCC1CC(O)C2. The first-order valence-corrected chi connectivity index (χ1v) is 7.11. The number of nitrogens with one attached hydrogen (secondary N) is 1. The van der Waals surface area contributed by atoms with Crippen LogP contribution in [0.25, 0.3) is 0 Å². The number of hydrogen-bond acceptors (Lipinski definition) is 3. The lowest BCUT2D eigenvalue weighted by molar-refractivity contribution is -0.137. The highest BCUT2D eigenvalue weighted by Gasteiger charge is 2.42. The van der Waals surface area contributed by atoms with E-state index in [-0.39, 0.29) is 17.6 Å². The lowest BCUT2D eigenvalue weighted by atomic mass is 9.99. The summed E-state index contributed by atoms with van der Waals surface area (Å²) in [6.07, 6.45) is 4.06. The molecule has 2 atom stereocenters. The number of carbonyl (C=O) groups excluding carboxylic acids is 1. The van der Waals surface area contributed by atoms with E-state index in [0.717, 1.165) is 32.2 Å². The molecule has 0 spiro atoms. The van der Waals surface area contributed by atoms with Crippen molar-refractivity contribution in [1.29, 1.82) is 0 Å². The van der Waals surface area contributed by atoms with Gasteiger partial charge in [0, 0.05) is 30.6 Å². The topological polar surface area (TPSA) is 52.6 Å². The number of nitrogens with zero attached hydrogens (tertiary/aromatic N) is 1. The van der Waals surface area contributed by atoms with Crippen molar-refractivity contribution in [3.05, 3.63) is 0 Å². The number of hydrogen-bond donors (Lipinski definition) is 2. The predicted molar refractivity (Wildman–Crippen MR) is 71.3 cm³/mol. The third-order valence-electron chi connectivity index (χ3n) is 3.99. The summed E-state index contributed by atoms with van der Waals surface area (Å²) in [7, 11) is 0. The molecule has 2 aliphatic rings. The van der Waals surface area contributed by atoms with Gasteiger partial charge in [-0.1, -0.05) is 0 Å². The Balaban J connectivity index is 1.83. The molecule has 2 rings (SSSR count). The van der Waals surface area contributed by atoms with Crippen LogP contribution in [0, 0.1) is 0 Å². The fraction of sp³-hybridized carbons (Fsp3) is 0.929. The van der Waals surface area contributed by atoms with Crippen molar-refractivity contribution < 1.29 is 9.90 Å². The Morgan fingerprint density at radius 1 is 1.28 bits per heavy atom. The van der Waals surface area contributed by atoms with Gasteiger partial charge in [-0.2, -0.15) is 0 Å². The number of piperidine rings is 1. The minimum Gasteiger partial charge on any atom is -0.393 e. The standard InChI is InChI=1S/C14H26N2O2/c1-14(2,3)15-7-6-13(18)16-10-4-5-11(16)9-12(17)8-10/h10-12,15,17H,4-9H2,1-3H3. The first-order valence-electron chi connectivity index (χ1n) is 7.11. The van der Waals surface area contributed by atoms with Gasteiger partial charge in [0.1, 0.15) is 0 Å². The summed E-state index contributed by atoms with van der Waals surface area (Å²) in [4.78, 5) is 14.3. The molecule has 0 saturated carbocycles. The molecule has 2 heterocycles. The molecule has 18 heavy (non-hydrogen) atoms. The molecule has 4 nitrogen and oxygen atoms in total. The molecule has 2 fully saturated rings. The summed E-state index contributed by atoms with van der Waals surface area (Å²) >= 11 is 0. The number of fused-ring (bicyclic) bond motifs is 2. The molecular weight excluding hydrogens is 228 g/mol. The normalized spacial score (nSPS) is 31.8. The second-order valence-electron chi connectivity index (χ2n) is 6.74. The summed E-state index contributed by atoms with van der Waals surface area (Å²) in [6.45, 7) is 7.07. The maximum Gasteiger partial charge on any atom is 0.224 e. The van der Waals surface area contributed by atoms with Gasteiger partial charge < -0.3 is 15.3 Å². The lowest BCUT2D eigenvalue weighted by Crippen LogP contribution is -2.49. The highest BCUT2D eigenvalue weighted by atomic mass is 16.3. The average Bonchev–Trinajstić information content (AvgIpc) is 2.49. The van der Waals surface area contributed by atoms with Crippen LogP contribution in [0.1, 0.15) is 52.9 Å². The maximum atomic E-state index is 12.3. The van der Waals surface area contributed by atoms with Crippen LogP contribution < -0.4 is 5.32 Å². The third kappa shape index (κ3) is 3.23. The van der Waals surface area contributed by atoms with E-state index < -0.39 is 0 Å². The Labute approximate surface area is 110 Å². The molecular formula is C14H26N2O2. The number of carbonyl (C=O) groups is 1. The Bertz CT molecular complexity index is 297. The Kier molecular flexibility index (Phi) is 3.97. The van der Waals surface area contributed by atoms with Gasteiger partial charge in [0.2, 0.25) is 5.91 Å². The average molecular weight is 254 g/mol. The van der Waals surface area contributed by atoms with E-state index in [1.807, 2.05) is 0 Å². The summed E-state index contributed by atoms with van der Waals surface area (Å²) in [5.41, 5.74) is 0.0668. The van der Waals surface area contributed by atoms with Crippen molar-refractivity contribution >= 4 is 5.91 Å². The zero-order valence-electron chi connectivity index (χ0n) is 11.8. The number of aliphatic hydroxyl groups is 1. The van der Waals surface area contributed by atoms with Crippen LogP contribution >= 0.6 is 0 Å². The Morgan fingerprint density at radius 3 is 2.33 bits per heavy atom. The monoisotopic (exact) mass is 254 g/mol. The van der Waals surface area contributed by atoms with E-state index in [1.54, 1.807) is 0 Å². The Hall–Kier alpha value is -0.610. The van der Waals surface area contributed by atoms with Gasteiger partial charge in [-0.3, -0.25) is 4.79 Å². The predicted octanol–water partition coefficient (Wildman–Crippen LogP) is 1.28. The highest BCUT2D eigenvalue weighted by Crippen LogP contribution is 2.35. The summed E-state index contributed by atoms with van der Waals surface area (Å²) in [6, 6.07) is 0.585. The molecule has 104 valence electrons. The van der Waals surface area contributed by atoms with E-state index in [0.29, 0.717) is 18.5 Å². The van der Waals surface area contributed by atoms with E-state index in [4.69, 9.17) is 0 Å². The Morgan fingerprint density at radius 2 is 1.83 bits per heavy atom. The summed E-state index contributed by atoms with van der Waals surface area (Å²) < 4.78 is 0.